The van der Waals surface area contributed by atoms with Crippen LogP contribution in [0.1, 0.15) is 35.4 Å². The molecule has 0 fully saturated rings. The van der Waals surface area contributed by atoms with E-state index in [1.54, 1.807) is 11.3 Å². The monoisotopic (exact) mass is 357 g/mol. The molecule has 0 radical (unpaired) electrons. The molecule has 2 aromatic rings. The summed E-state index contributed by atoms with van der Waals surface area (Å²) in [6.45, 7) is 5.30. The highest BCUT2D eigenvalue weighted by atomic mass is 79.9. The Kier molecular flexibility index (Phi) is 5.46. The van der Waals surface area contributed by atoms with E-state index in [-0.39, 0.29) is 6.04 Å². The molecular formula is C15H17BrClNS. The first-order valence-corrected chi connectivity index (χ1v) is 8.41. The Balaban J connectivity index is 2.43. The highest BCUT2D eigenvalue weighted by Gasteiger charge is 2.20. The zero-order valence-electron chi connectivity index (χ0n) is 11.0. The molecular weight excluding hydrogens is 342 g/mol. The van der Waals surface area contributed by atoms with Gasteiger partial charge in [0.1, 0.15) is 0 Å². The van der Waals surface area contributed by atoms with Gasteiger partial charge in [0.2, 0.25) is 0 Å². The normalized spacial score (nSPS) is 12.6. The SMILES string of the molecule is CCCNC(c1cccc(Br)c1Cl)c1sccc1C. The smallest absolute Gasteiger partial charge is 0.0688 e. The van der Waals surface area contributed by atoms with Gasteiger partial charge >= 0.3 is 0 Å². The van der Waals surface area contributed by atoms with Gasteiger partial charge < -0.3 is 5.32 Å². The van der Waals surface area contributed by atoms with Crippen molar-refractivity contribution in [2.24, 2.45) is 0 Å². The first-order chi connectivity index (χ1) is 9.15. The molecule has 0 saturated heterocycles. The number of aryl methyl sites for hydroxylation is 1. The molecule has 1 aromatic carbocycles. The summed E-state index contributed by atoms with van der Waals surface area (Å²) in [7, 11) is 0. The molecule has 0 aliphatic rings. The van der Waals surface area contributed by atoms with E-state index >= 15 is 0 Å². The van der Waals surface area contributed by atoms with Crippen LogP contribution < -0.4 is 5.32 Å². The van der Waals surface area contributed by atoms with Crippen molar-refractivity contribution < 1.29 is 0 Å². The fraction of sp³-hybridized carbons (Fsp3) is 0.333. The van der Waals surface area contributed by atoms with Crippen LogP contribution in [0.15, 0.2) is 34.1 Å². The molecule has 1 heterocycles. The van der Waals surface area contributed by atoms with Crippen LogP contribution in [-0.4, -0.2) is 6.54 Å². The standard InChI is InChI=1S/C15H17BrClNS/c1-3-8-18-14(15-10(2)7-9-19-15)11-5-4-6-12(16)13(11)17/h4-7,9,14,18H,3,8H2,1-2H3. The quantitative estimate of drug-likeness (QED) is 0.737. The largest absolute Gasteiger partial charge is 0.306 e. The van der Waals surface area contributed by atoms with Crippen LogP contribution in [0, 0.1) is 6.92 Å². The van der Waals surface area contributed by atoms with Crippen LogP contribution in [0.3, 0.4) is 0 Å². The zero-order valence-corrected chi connectivity index (χ0v) is 14.2. The van der Waals surface area contributed by atoms with Gasteiger partial charge in [0.05, 0.1) is 11.1 Å². The Morgan fingerprint density at radius 2 is 2.16 bits per heavy atom. The molecule has 102 valence electrons. The van der Waals surface area contributed by atoms with E-state index in [9.17, 15) is 0 Å². The van der Waals surface area contributed by atoms with Gasteiger partial charge in [0.25, 0.3) is 0 Å². The van der Waals surface area contributed by atoms with Gasteiger partial charge in [-0.05, 0) is 64.5 Å². The van der Waals surface area contributed by atoms with Gasteiger partial charge in [-0.2, -0.15) is 0 Å². The summed E-state index contributed by atoms with van der Waals surface area (Å²) >= 11 is 11.7. The van der Waals surface area contributed by atoms with Crippen molar-refractivity contribution in [1.82, 2.24) is 5.32 Å². The Bertz CT molecular complexity index is 553. The van der Waals surface area contributed by atoms with Crippen molar-refractivity contribution >= 4 is 38.9 Å². The summed E-state index contributed by atoms with van der Waals surface area (Å²) in [4.78, 5) is 1.34. The molecule has 0 aliphatic heterocycles. The van der Waals surface area contributed by atoms with E-state index in [1.165, 1.54) is 10.4 Å². The summed E-state index contributed by atoms with van der Waals surface area (Å²) in [5, 5.41) is 6.53. The molecule has 1 nitrogen and oxygen atoms in total. The maximum atomic E-state index is 6.45. The summed E-state index contributed by atoms with van der Waals surface area (Å²) in [6.07, 6.45) is 1.10. The van der Waals surface area contributed by atoms with Gasteiger partial charge in [-0.3, -0.25) is 0 Å². The first-order valence-electron chi connectivity index (χ1n) is 6.36. The molecule has 1 aromatic heterocycles. The zero-order chi connectivity index (χ0) is 13.8. The molecule has 4 heteroatoms. The van der Waals surface area contributed by atoms with Gasteiger partial charge in [-0.15, -0.1) is 11.3 Å². The van der Waals surface area contributed by atoms with Crippen LogP contribution in [0.4, 0.5) is 0 Å². The third kappa shape index (κ3) is 3.40. The maximum Gasteiger partial charge on any atom is 0.0688 e. The molecule has 0 saturated carbocycles. The van der Waals surface area contributed by atoms with E-state index in [0.717, 1.165) is 28.0 Å². The maximum absolute atomic E-state index is 6.45. The summed E-state index contributed by atoms with van der Waals surface area (Å²) < 4.78 is 0.948. The van der Waals surface area contributed by atoms with E-state index < -0.39 is 0 Å². The van der Waals surface area contributed by atoms with Crippen LogP contribution in [0.25, 0.3) is 0 Å². The lowest BCUT2D eigenvalue weighted by Gasteiger charge is -2.20. The molecule has 0 amide bonds. The minimum atomic E-state index is 0.171. The predicted octanol–water partition coefficient (Wildman–Crippen LogP) is 5.56. The topological polar surface area (TPSA) is 12.0 Å². The molecule has 2 rings (SSSR count). The Labute approximate surface area is 132 Å². The van der Waals surface area contributed by atoms with Crippen LogP contribution in [-0.2, 0) is 0 Å². The van der Waals surface area contributed by atoms with Gasteiger partial charge in [-0.25, -0.2) is 0 Å². The molecule has 1 unspecified atom stereocenters. The van der Waals surface area contributed by atoms with E-state index in [1.807, 2.05) is 12.1 Å². The first kappa shape index (κ1) is 15.0. The lowest BCUT2D eigenvalue weighted by molar-refractivity contribution is 0.604. The van der Waals surface area contributed by atoms with Crippen molar-refractivity contribution in [3.63, 3.8) is 0 Å². The van der Waals surface area contributed by atoms with E-state index in [0.29, 0.717) is 0 Å². The number of hydrogen-bond acceptors (Lipinski definition) is 2. The van der Waals surface area contributed by atoms with Crippen molar-refractivity contribution in [2.45, 2.75) is 26.3 Å². The summed E-state index contributed by atoms with van der Waals surface area (Å²) in [6, 6.07) is 8.44. The molecule has 0 aliphatic carbocycles. The highest BCUT2D eigenvalue weighted by molar-refractivity contribution is 9.10. The molecule has 0 bridgehead atoms. The van der Waals surface area contributed by atoms with Crippen molar-refractivity contribution in [3.8, 4) is 0 Å². The number of thiophene rings is 1. The number of nitrogens with one attached hydrogen (secondary N) is 1. The minimum absolute atomic E-state index is 0.171. The van der Waals surface area contributed by atoms with Crippen molar-refractivity contribution in [1.29, 1.82) is 0 Å². The highest BCUT2D eigenvalue weighted by Crippen LogP contribution is 2.36. The van der Waals surface area contributed by atoms with Crippen LogP contribution in [0.2, 0.25) is 5.02 Å². The second-order valence-electron chi connectivity index (χ2n) is 4.50. The van der Waals surface area contributed by atoms with E-state index in [2.05, 4.69) is 52.6 Å². The fourth-order valence-corrected chi connectivity index (χ4v) is 3.69. The van der Waals surface area contributed by atoms with Crippen molar-refractivity contribution in [3.05, 3.63) is 55.1 Å². The molecule has 1 N–H and O–H groups in total. The number of rotatable bonds is 5. The fourth-order valence-electron chi connectivity index (χ4n) is 2.06. The Morgan fingerprint density at radius 1 is 1.37 bits per heavy atom. The lowest BCUT2D eigenvalue weighted by Crippen LogP contribution is -2.23. The van der Waals surface area contributed by atoms with Gasteiger partial charge in [0, 0.05) is 9.35 Å². The lowest BCUT2D eigenvalue weighted by atomic mass is 10.0. The second-order valence-corrected chi connectivity index (χ2v) is 6.68. The number of halogens is 2. The average Bonchev–Trinajstić information content (AvgIpc) is 2.81. The minimum Gasteiger partial charge on any atom is -0.306 e. The summed E-state index contributed by atoms with van der Waals surface area (Å²) in [5.74, 6) is 0. The van der Waals surface area contributed by atoms with Gasteiger partial charge in [-0.1, -0.05) is 30.7 Å². The molecule has 0 spiro atoms. The van der Waals surface area contributed by atoms with Gasteiger partial charge in [0.15, 0.2) is 0 Å². The Hall–Kier alpha value is -0.350. The number of benzene rings is 1. The van der Waals surface area contributed by atoms with Crippen molar-refractivity contribution in [2.75, 3.05) is 6.54 Å². The number of hydrogen-bond donors (Lipinski definition) is 1. The molecule has 19 heavy (non-hydrogen) atoms. The van der Waals surface area contributed by atoms with Crippen LogP contribution in [0.5, 0.6) is 0 Å². The third-order valence-corrected chi connectivity index (χ3v) is 5.45. The van der Waals surface area contributed by atoms with Crippen LogP contribution >= 0.6 is 38.9 Å². The second kappa shape index (κ2) is 6.89. The molecule has 1 atom stereocenters. The third-order valence-electron chi connectivity index (χ3n) is 3.05. The average molecular weight is 359 g/mol. The Morgan fingerprint density at radius 3 is 2.79 bits per heavy atom. The predicted molar refractivity (Wildman–Crippen MR) is 88.3 cm³/mol. The van der Waals surface area contributed by atoms with E-state index in [4.69, 9.17) is 11.6 Å². The summed E-state index contributed by atoms with van der Waals surface area (Å²) in [5.41, 5.74) is 2.45.